The number of hydrogen-bond acceptors (Lipinski definition) is 7. The van der Waals surface area contributed by atoms with Crippen molar-refractivity contribution in [1.82, 2.24) is 25.8 Å². The molecule has 3 rings (SSSR count). The molecule has 2 saturated heterocycles. The first-order chi connectivity index (χ1) is 20.7. The average Bonchev–Trinajstić information content (AvgIpc) is 3.37. The third-order valence-corrected chi connectivity index (χ3v) is 9.90. The fourth-order valence-corrected chi connectivity index (χ4v) is 6.49. The molecule has 6 N–H and O–H groups in total. The lowest BCUT2D eigenvalue weighted by molar-refractivity contribution is -0.143. The Morgan fingerprint density at radius 3 is 2.07 bits per heavy atom. The SMILES string of the molecule is CC1(C)CCN(C[C@@H](NC(=O)N[C@H](C(=O)N2CCC[C@H]2C(=O)NC(CC2CCC2)C(=O)C(N)=O)C(C)(C)C)C(C)(C)C)C(O)C1. The highest BCUT2D eigenvalue weighted by Crippen LogP contribution is 2.34. The van der Waals surface area contributed by atoms with Gasteiger partial charge in [-0.2, -0.15) is 0 Å². The summed E-state index contributed by atoms with van der Waals surface area (Å²) in [5, 5.41) is 19.5. The van der Waals surface area contributed by atoms with Crippen LogP contribution in [0.2, 0.25) is 0 Å². The number of ketones is 1. The summed E-state index contributed by atoms with van der Waals surface area (Å²) in [7, 11) is 0. The first kappa shape index (κ1) is 36.7. The number of carbonyl (C=O) groups excluding carboxylic acids is 5. The summed E-state index contributed by atoms with van der Waals surface area (Å²) in [5.74, 6) is -2.55. The van der Waals surface area contributed by atoms with E-state index >= 15 is 0 Å². The maximum absolute atomic E-state index is 14.0. The molecular formula is C33H58N6O6. The summed E-state index contributed by atoms with van der Waals surface area (Å²) in [5.41, 5.74) is 4.32. The van der Waals surface area contributed by atoms with Gasteiger partial charge in [-0.25, -0.2) is 4.79 Å². The van der Waals surface area contributed by atoms with Gasteiger partial charge < -0.3 is 31.7 Å². The lowest BCUT2D eigenvalue weighted by atomic mass is 9.80. The first-order valence-electron chi connectivity index (χ1n) is 16.6. The van der Waals surface area contributed by atoms with E-state index in [4.69, 9.17) is 5.73 Å². The van der Waals surface area contributed by atoms with Crippen molar-refractivity contribution in [3.8, 4) is 0 Å². The number of nitrogens with one attached hydrogen (secondary N) is 3. The third kappa shape index (κ3) is 9.88. The Kier molecular flexibility index (Phi) is 11.7. The molecule has 5 amide bonds. The van der Waals surface area contributed by atoms with Crippen LogP contribution in [0.25, 0.3) is 0 Å². The van der Waals surface area contributed by atoms with Crippen LogP contribution in [0.5, 0.6) is 0 Å². The number of nitrogens with zero attached hydrogens (tertiary/aromatic N) is 2. The molecule has 0 spiro atoms. The van der Waals surface area contributed by atoms with Crippen molar-refractivity contribution in [1.29, 1.82) is 0 Å². The molecule has 0 aromatic heterocycles. The van der Waals surface area contributed by atoms with Crippen molar-refractivity contribution in [3.63, 3.8) is 0 Å². The summed E-state index contributed by atoms with van der Waals surface area (Å²) in [6, 6.07) is -3.60. The molecule has 0 aromatic carbocycles. The number of aliphatic hydroxyl groups is 1. The lowest BCUT2D eigenvalue weighted by Gasteiger charge is -2.44. The molecule has 3 fully saturated rings. The Hall–Kier alpha value is -2.73. The first-order valence-corrected chi connectivity index (χ1v) is 16.6. The van der Waals surface area contributed by atoms with Gasteiger partial charge in [0.1, 0.15) is 18.3 Å². The second-order valence-corrected chi connectivity index (χ2v) is 16.4. The quantitative estimate of drug-likeness (QED) is 0.217. The van der Waals surface area contributed by atoms with Gasteiger partial charge in [0.15, 0.2) is 0 Å². The molecule has 1 aliphatic carbocycles. The summed E-state index contributed by atoms with van der Waals surface area (Å²) in [6.45, 7) is 17.5. The summed E-state index contributed by atoms with van der Waals surface area (Å²) < 4.78 is 0. The number of urea groups is 1. The zero-order valence-electron chi connectivity index (χ0n) is 28.7. The molecule has 3 aliphatic rings. The zero-order chi connectivity index (χ0) is 33.9. The Morgan fingerprint density at radius 2 is 1.56 bits per heavy atom. The van der Waals surface area contributed by atoms with Crippen LogP contribution >= 0.6 is 0 Å². The molecule has 12 heteroatoms. The summed E-state index contributed by atoms with van der Waals surface area (Å²) >= 11 is 0. The molecule has 0 bridgehead atoms. The van der Waals surface area contributed by atoms with Crippen molar-refractivity contribution in [2.75, 3.05) is 19.6 Å². The maximum Gasteiger partial charge on any atom is 0.315 e. The van der Waals surface area contributed by atoms with Crippen LogP contribution in [0, 0.1) is 22.2 Å². The number of hydrogen-bond donors (Lipinski definition) is 5. The number of nitrogens with two attached hydrogens (primary N) is 1. The molecule has 0 aromatic rings. The Morgan fingerprint density at radius 1 is 0.911 bits per heavy atom. The van der Waals surface area contributed by atoms with Gasteiger partial charge in [0.05, 0.1) is 6.04 Å². The van der Waals surface area contributed by atoms with Gasteiger partial charge in [0.2, 0.25) is 17.6 Å². The normalized spacial score (nSPS) is 24.6. The number of likely N-dealkylation sites (tertiary alicyclic amines) is 2. The second kappa shape index (κ2) is 14.4. The van der Waals surface area contributed by atoms with Crippen molar-refractivity contribution < 1.29 is 29.1 Å². The van der Waals surface area contributed by atoms with Crippen LogP contribution < -0.4 is 21.7 Å². The number of piperidine rings is 1. The minimum Gasteiger partial charge on any atom is -0.378 e. The highest BCUT2D eigenvalue weighted by atomic mass is 16.3. The van der Waals surface area contributed by atoms with Gasteiger partial charge in [-0.3, -0.25) is 24.1 Å². The topological polar surface area (TPSA) is 174 Å². The minimum atomic E-state index is -1.09. The van der Waals surface area contributed by atoms with Crippen molar-refractivity contribution in [2.45, 2.75) is 137 Å². The predicted octanol–water partition coefficient (Wildman–Crippen LogP) is 2.28. The van der Waals surface area contributed by atoms with Gasteiger partial charge in [0.25, 0.3) is 5.91 Å². The number of rotatable bonds is 11. The van der Waals surface area contributed by atoms with Crippen LogP contribution in [0.3, 0.4) is 0 Å². The fraction of sp³-hybridized carbons (Fsp3) is 0.848. The second-order valence-electron chi connectivity index (χ2n) is 16.4. The fourth-order valence-electron chi connectivity index (χ4n) is 6.49. The molecule has 0 radical (unpaired) electrons. The Balaban J connectivity index is 1.71. The van der Waals surface area contributed by atoms with E-state index in [1.807, 2.05) is 46.4 Å². The smallest absolute Gasteiger partial charge is 0.315 e. The molecule has 2 aliphatic heterocycles. The van der Waals surface area contributed by atoms with E-state index in [1.165, 1.54) is 4.90 Å². The number of amides is 5. The highest BCUT2D eigenvalue weighted by molar-refractivity contribution is 6.37. The van der Waals surface area contributed by atoms with E-state index in [0.29, 0.717) is 38.8 Å². The molecule has 256 valence electrons. The number of carbonyl (C=O) groups is 5. The lowest BCUT2D eigenvalue weighted by Crippen LogP contribution is -2.62. The number of primary amides is 1. The summed E-state index contributed by atoms with van der Waals surface area (Å²) in [6.07, 6.45) is 5.24. The van der Waals surface area contributed by atoms with Crippen LogP contribution in [0.4, 0.5) is 4.79 Å². The standard InChI is InChI=1S/C33H58N6O6/c1-31(2,3)23(19-38-16-14-33(7,8)18-24(38)40)36-30(45)37-26(32(4,5)6)29(44)39-15-10-13-22(39)28(43)35-21(25(41)27(34)42)17-20-11-9-12-20/h20-24,26,40H,9-19H2,1-8H3,(H2,34,42)(H,35,43)(H2,36,37,45)/t21?,22-,23+,24?,26+/m0/s1. The van der Waals surface area contributed by atoms with Crippen LogP contribution in [0.1, 0.15) is 107 Å². The molecule has 5 atom stereocenters. The molecule has 12 nitrogen and oxygen atoms in total. The van der Waals surface area contributed by atoms with Crippen molar-refractivity contribution >= 4 is 29.5 Å². The van der Waals surface area contributed by atoms with Crippen molar-refractivity contribution in [2.24, 2.45) is 27.9 Å². The zero-order valence-corrected chi connectivity index (χ0v) is 28.7. The van der Waals surface area contributed by atoms with Crippen molar-refractivity contribution in [3.05, 3.63) is 0 Å². The van der Waals surface area contributed by atoms with Crippen LogP contribution in [0.15, 0.2) is 0 Å². The molecular weight excluding hydrogens is 576 g/mol. The van der Waals surface area contributed by atoms with E-state index in [9.17, 15) is 29.1 Å². The maximum atomic E-state index is 14.0. The largest absolute Gasteiger partial charge is 0.378 e. The van der Waals surface area contributed by atoms with Crippen LogP contribution in [-0.4, -0.2) is 94.5 Å². The van der Waals surface area contributed by atoms with Crippen LogP contribution in [-0.2, 0) is 19.2 Å². The van der Waals surface area contributed by atoms with Gasteiger partial charge in [-0.05, 0) is 54.3 Å². The minimum absolute atomic E-state index is 0.0530. The van der Waals surface area contributed by atoms with E-state index in [1.54, 1.807) is 0 Å². The van der Waals surface area contributed by atoms with Gasteiger partial charge in [-0.1, -0.05) is 74.7 Å². The van der Waals surface area contributed by atoms with Gasteiger partial charge in [0, 0.05) is 25.7 Å². The molecule has 1 saturated carbocycles. The number of aliphatic hydroxyl groups excluding tert-OH is 1. The monoisotopic (exact) mass is 634 g/mol. The Bertz CT molecular complexity index is 1110. The number of Topliss-reactive ketones (excluding diaryl/α,β-unsaturated/α-hetero) is 1. The average molecular weight is 635 g/mol. The van der Waals surface area contributed by atoms with E-state index in [2.05, 4.69) is 29.8 Å². The van der Waals surface area contributed by atoms with Gasteiger partial charge >= 0.3 is 6.03 Å². The van der Waals surface area contributed by atoms with E-state index in [-0.39, 0.29) is 28.7 Å². The summed E-state index contributed by atoms with van der Waals surface area (Å²) in [4.78, 5) is 68.7. The van der Waals surface area contributed by atoms with E-state index < -0.39 is 53.4 Å². The molecule has 2 heterocycles. The third-order valence-electron chi connectivity index (χ3n) is 9.90. The van der Waals surface area contributed by atoms with Gasteiger partial charge in [-0.15, -0.1) is 0 Å². The highest BCUT2D eigenvalue weighted by Gasteiger charge is 2.44. The Labute approximate surface area is 269 Å². The predicted molar refractivity (Wildman–Crippen MR) is 172 cm³/mol. The molecule has 2 unspecified atom stereocenters. The van der Waals surface area contributed by atoms with E-state index in [0.717, 1.165) is 32.2 Å². The molecule has 45 heavy (non-hydrogen) atoms.